The van der Waals surface area contributed by atoms with Gasteiger partial charge in [0.1, 0.15) is 17.1 Å². The van der Waals surface area contributed by atoms with E-state index in [-0.39, 0.29) is 24.9 Å². The van der Waals surface area contributed by atoms with E-state index in [1.165, 1.54) is 10.7 Å². The van der Waals surface area contributed by atoms with Crippen LogP contribution in [0.5, 0.6) is 0 Å². The maximum absolute atomic E-state index is 14.7. The van der Waals surface area contributed by atoms with Gasteiger partial charge in [-0.1, -0.05) is 12.1 Å². The van der Waals surface area contributed by atoms with Crippen molar-refractivity contribution in [3.63, 3.8) is 0 Å². The Hall–Kier alpha value is -2.41. The summed E-state index contributed by atoms with van der Waals surface area (Å²) in [6.07, 6.45) is 3.05. The van der Waals surface area contributed by atoms with E-state index in [2.05, 4.69) is 5.10 Å². The third kappa shape index (κ3) is 4.47. The molecule has 0 atom stereocenters. The van der Waals surface area contributed by atoms with E-state index in [4.69, 9.17) is 4.74 Å². The van der Waals surface area contributed by atoms with Crippen LogP contribution in [0.3, 0.4) is 0 Å². The van der Waals surface area contributed by atoms with E-state index >= 15 is 0 Å². The lowest BCUT2D eigenvalue weighted by atomic mass is 10.1. The number of aryl methyl sites for hydroxylation is 1. The van der Waals surface area contributed by atoms with Crippen molar-refractivity contribution in [2.24, 2.45) is 0 Å². The Balaban J connectivity index is 1.94. The number of aliphatic hydroxyl groups is 1. The maximum atomic E-state index is 14.7. The second-order valence-corrected chi connectivity index (χ2v) is 7.93. The number of carbonyl (C=O) groups is 1. The first kappa shape index (κ1) is 19.4. The van der Waals surface area contributed by atoms with Crippen LogP contribution in [0.15, 0.2) is 24.4 Å². The monoisotopic (exact) mass is 375 g/mol. The molecule has 1 heterocycles. The van der Waals surface area contributed by atoms with E-state index < -0.39 is 17.5 Å². The van der Waals surface area contributed by atoms with Gasteiger partial charge in [0.05, 0.1) is 18.8 Å². The van der Waals surface area contributed by atoms with Gasteiger partial charge in [0.15, 0.2) is 0 Å². The summed E-state index contributed by atoms with van der Waals surface area (Å²) in [4.78, 5) is 14.3. The number of carbonyl (C=O) groups excluding carboxylic acids is 1. The van der Waals surface area contributed by atoms with E-state index in [0.29, 0.717) is 16.8 Å². The second-order valence-electron chi connectivity index (χ2n) is 7.93. The number of nitrogens with zero attached hydrogens (tertiary/aromatic N) is 3. The molecule has 1 saturated carbocycles. The second kappa shape index (κ2) is 7.31. The molecule has 1 aliphatic rings. The van der Waals surface area contributed by atoms with Gasteiger partial charge < -0.3 is 14.7 Å². The van der Waals surface area contributed by atoms with Crippen LogP contribution in [0.1, 0.15) is 50.4 Å². The lowest BCUT2D eigenvalue weighted by Crippen LogP contribution is -2.38. The van der Waals surface area contributed by atoms with Gasteiger partial charge in [0, 0.05) is 23.4 Å². The van der Waals surface area contributed by atoms with Gasteiger partial charge in [-0.3, -0.25) is 0 Å². The van der Waals surface area contributed by atoms with Crippen LogP contribution in [0, 0.1) is 12.7 Å². The van der Waals surface area contributed by atoms with Gasteiger partial charge in [0.25, 0.3) is 0 Å². The van der Waals surface area contributed by atoms with Gasteiger partial charge in [-0.25, -0.2) is 13.9 Å². The molecule has 1 aliphatic carbocycles. The predicted octanol–water partition coefficient (Wildman–Crippen LogP) is 3.71. The summed E-state index contributed by atoms with van der Waals surface area (Å²) < 4.78 is 21.6. The third-order valence-corrected chi connectivity index (χ3v) is 4.43. The Labute approximate surface area is 158 Å². The SMILES string of the molecule is Cc1nn(-c2c(F)cccc2CN(C(=O)OC(C)(C)C)C2CC2)cc1CO. The highest BCUT2D eigenvalue weighted by Crippen LogP contribution is 2.31. The molecule has 0 aliphatic heterocycles. The molecule has 1 aromatic carbocycles. The standard InChI is InChI=1S/C20H26FN3O3/c1-13-15(12-25)11-24(22-13)18-14(6-5-7-17(18)21)10-23(16-8-9-16)19(26)27-20(2,3)4/h5-7,11,16,25H,8-10,12H2,1-4H3. The smallest absolute Gasteiger partial charge is 0.410 e. The van der Waals surface area contributed by atoms with Crippen molar-refractivity contribution in [2.75, 3.05) is 0 Å². The minimum absolute atomic E-state index is 0.114. The third-order valence-electron chi connectivity index (χ3n) is 4.43. The van der Waals surface area contributed by atoms with Gasteiger partial charge in [-0.05, 0) is 46.6 Å². The summed E-state index contributed by atoms with van der Waals surface area (Å²) >= 11 is 0. The van der Waals surface area contributed by atoms with Crippen LogP contribution in [-0.2, 0) is 17.9 Å². The highest BCUT2D eigenvalue weighted by Gasteiger charge is 2.36. The van der Waals surface area contributed by atoms with Crippen LogP contribution < -0.4 is 0 Å². The zero-order chi connectivity index (χ0) is 19.8. The van der Waals surface area contributed by atoms with Crippen molar-refractivity contribution in [1.82, 2.24) is 14.7 Å². The van der Waals surface area contributed by atoms with Crippen LogP contribution >= 0.6 is 0 Å². The number of aromatic nitrogens is 2. The molecule has 0 unspecified atom stereocenters. The summed E-state index contributed by atoms with van der Waals surface area (Å²) in [5.41, 5.74) is 1.60. The van der Waals surface area contributed by atoms with E-state index in [1.54, 1.807) is 30.2 Å². The van der Waals surface area contributed by atoms with Crippen molar-refractivity contribution in [2.45, 2.75) is 65.3 Å². The Morgan fingerprint density at radius 2 is 2.07 bits per heavy atom. The number of halogens is 1. The predicted molar refractivity (Wildman–Crippen MR) is 99.0 cm³/mol. The first-order valence-electron chi connectivity index (χ1n) is 9.13. The van der Waals surface area contributed by atoms with Crippen molar-refractivity contribution in [3.05, 3.63) is 47.0 Å². The number of aliphatic hydroxyl groups excluding tert-OH is 1. The molecule has 0 saturated heterocycles. The molecule has 1 fully saturated rings. The number of rotatable bonds is 5. The average molecular weight is 375 g/mol. The molecule has 146 valence electrons. The van der Waals surface area contributed by atoms with E-state index in [0.717, 1.165) is 12.8 Å². The Bertz CT molecular complexity index is 837. The van der Waals surface area contributed by atoms with Crippen molar-refractivity contribution in [1.29, 1.82) is 0 Å². The summed E-state index contributed by atoms with van der Waals surface area (Å²) in [5.74, 6) is -0.431. The highest BCUT2D eigenvalue weighted by atomic mass is 19.1. The van der Waals surface area contributed by atoms with Gasteiger partial charge in [0.2, 0.25) is 0 Å². The minimum Gasteiger partial charge on any atom is -0.444 e. The number of hydrogen-bond donors (Lipinski definition) is 1. The number of amides is 1. The summed E-state index contributed by atoms with van der Waals surface area (Å²) in [5, 5.41) is 13.7. The minimum atomic E-state index is -0.593. The van der Waals surface area contributed by atoms with Gasteiger partial charge in [-0.15, -0.1) is 0 Å². The fourth-order valence-electron chi connectivity index (χ4n) is 2.94. The molecular weight excluding hydrogens is 349 g/mol. The maximum Gasteiger partial charge on any atom is 0.410 e. The highest BCUT2D eigenvalue weighted by molar-refractivity contribution is 5.69. The molecule has 1 aromatic heterocycles. The first-order valence-corrected chi connectivity index (χ1v) is 9.13. The molecular formula is C20H26FN3O3. The number of ether oxygens (including phenoxy) is 1. The van der Waals surface area contributed by atoms with Crippen molar-refractivity contribution >= 4 is 6.09 Å². The van der Waals surface area contributed by atoms with Crippen molar-refractivity contribution in [3.8, 4) is 5.69 Å². The Morgan fingerprint density at radius 3 is 2.63 bits per heavy atom. The normalized spacial score (nSPS) is 14.3. The molecule has 7 heteroatoms. The van der Waals surface area contributed by atoms with Crippen LogP contribution in [0.2, 0.25) is 0 Å². The summed E-state index contributed by atoms with van der Waals surface area (Å²) in [6, 6.07) is 4.89. The lowest BCUT2D eigenvalue weighted by Gasteiger charge is -2.28. The van der Waals surface area contributed by atoms with Crippen molar-refractivity contribution < 1.29 is 19.0 Å². The molecule has 1 amide bonds. The first-order chi connectivity index (χ1) is 12.7. The Morgan fingerprint density at radius 1 is 1.37 bits per heavy atom. The molecule has 0 bridgehead atoms. The summed E-state index contributed by atoms with van der Waals surface area (Å²) in [7, 11) is 0. The van der Waals surface area contributed by atoms with Crippen LogP contribution in [0.4, 0.5) is 9.18 Å². The Kier molecular flexibility index (Phi) is 5.24. The van der Waals surface area contributed by atoms with Gasteiger partial charge >= 0.3 is 6.09 Å². The van der Waals surface area contributed by atoms with Crippen LogP contribution in [-0.4, -0.2) is 37.5 Å². The van der Waals surface area contributed by atoms with E-state index in [9.17, 15) is 14.3 Å². The zero-order valence-electron chi connectivity index (χ0n) is 16.2. The molecule has 1 N–H and O–H groups in total. The molecule has 0 spiro atoms. The zero-order valence-corrected chi connectivity index (χ0v) is 16.2. The molecule has 2 aromatic rings. The number of hydrogen-bond acceptors (Lipinski definition) is 4. The number of para-hydroxylation sites is 1. The fraction of sp³-hybridized carbons (Fsp3) is 0.500. The molecule has 27 heavy (non-hydrogen) atoms. The largest absolute Gasteiger partial charge is 0.444 e. The molecule has 6 nitrogen and oxygen atoms in total. The fourth-order valence-corrected chi connectivity index (χ4v) is 2.94. The quantitative estimate of drug-likeness (QED) is 0.865. The average Bonchev–Trinajstić information content (AvgIpc) is 3.33. The summed E-state index contributed by atoms with van der Waals surface area (Å²) in [6.45, 7) is 7.31. The number of benzene rings is 1. The molecule has 0 radical (unpaired) electrons. The van der Waals surface area contributed by atoms with E-state index in [1.807, 2.05) is 20.8 Å². The van der Waals surface area contributed by atoms with Gasteiger partial charge in [-0.2, -0.15) is 5.10 Å². The topological polar surface area (TPSA) is 67.6 Å². The van der Waals surface area contributed by atoms with Crippen LogP contribution in [0.25, 0.3) is 5.69 Å². The lowest BCUT2D eigenvalue weighted by molar-refractivity contribution is 0.0216. The molecule has 3 rings (SSSR count).